The lowest BCUT2D eigenvalue weighted by Crippen LogP contribution is -2.17. The number of alkyl halides is 2. The number of rotatable bonds is 8. The minimum absolute atomic E-state index is 0.175. The molecule has 4 rings (SSSR count). The molecule has 0 unspecified atom stereocenters. The summed E-state index contributed by atoms with van der Waals surface area (Å²) in [6.45, 7) is 0.555. The van der Waals surface area contributed by atoms with Crippen molar-refractivity contribution in [2.24, 2.45) is 5.73 Å². The summed E-state index contributed by atoms with van der Waals surface area (Å²) in [6, 6.07) is 24.6. The molecule has 1 aromatic heterocycles. The SMILES string of the molecule is NC(=O)Cc1ccc(N(Cc2ccnc3ccccc23)c2ccc(SC(F)F)cc2)cc1. The molecule has 0 saturated carbocycles. The van der Waals surface area contributed by atoms with Crippen LogP contribution in [-0.2, 0) is 17.8 Å². The van der Waals surface area contributed by atoms with E-state index in [9.17, 15) is 13.6 Å². The Bertz CT molecular complexity index is 1210. The van der Waals surface area contributed by atoms with Gasteiger partial charge in [-0.25, -0.2) is 0 Å². The maximum absolute atomic E-state index is 12.7. The highest BCUT2D eigenvalue weighted by Gasteiger charge is 2.14. The van der Waals surface area contributed by atoms with Crippen LogP contribution in [0.25, 0.3) is 10.9 Å². The third kappa shape index (κ3) is 5.23. The molecular weight excluding hydrogens is 428 g/mol. The van der Waals surface area contributed by atoms with E-state index >= 15 is 0 Å². The van der Waals surface area contributed by atoms with Gasteiger partial charge in [-0.05, 0) is 59.7 Å². The number of carbonyl (C=O) groups is 1. The van der Waals surface area contributed by atoms with Crippen molar-refractivity contribution < 1.29 is 13.6 Å². The fraction of sp³-hybridized carbons (Fsp3) is 0.120. The molecule has 1 heterocycles. The molecule has 2 N–H and O–H groups in total. The zero-order valence-corrected chi connectivity index (χ0v) is 17.9. The third-order valence-electron chi connectivity index (χ3n) is 5.07. The van der Waals surface area contributed by atoms with Crippen LogP contribution >= 0.6 is 11.8 Å². The van der Waals surface area contributed by atoms with E-state index in [4.69, 9.17) is 5.73 Å². The van der Waals surface area contributed by atoms with E-state index in [1.165, 1.54) is 0 Å². The summed E-state index contributed by atoms with van der Waals surface area (Å²) < 4.78 is 25.4. The van der Waals surface area contributed by atoms with Gasteiger partial charge in [-0.3, -0.25) is 9.78 Å². The van der Waals surface area contributed by atoms with Gasteiger partial charge in [0, 0.05) is 34.4 Å². The molecule has 0 saturated heterocycles. The first-order valence-electron chi connectivity index (χ1n) is 10.0. The number of primary amides is 1. The van der Waals surface area contributed by atoms with Crippen molar-refractivity contribution in [1.29, 1.82) is 0 Å². The van der Waals surface area contributed by atoms with Gasteiger partial charge in [0.2, 0.25) is 5.91 Å². The molecule has 0 aliphatic heterocycles. The van der Waals surface area contributed by atoms with E-state index in [1.807, 2.05) is 66.7 Å². The second-order valence-corrected chi connectivity index (χ2v) is 8.32. The normalized spacial score (nSPS) is 11.1. The van der Waals surface area contributed by atoms with E-state index in [1.54, 1.807) is 18.3 Å². The highest BCUT2D eigenvalue weighted by Crippen LogP contribution is 2.32. The van der Waals surface area contributed by atoms with Gasteiger partial charge in [0.15, 0.2) is 0 Å². The topological polar surface area (TPSA) is 59.2 Å². The molecule has 0 aliphatic carbocycles. The largest absolute Gasteiger partial charge is 0.369 e. The predicted molar refractivity (Wildman–Crippen MR) is 125 cm³/mol. The number of carbonyl (C=O) groups excluding carboxylic acids is 1. The Kier molecular flexibility index (Phi) is 6.66. The van der Waals surface area contributed by atoms with Crippen LogP contribution in [0, 0.1) is 0 Å². The molecule has 0 radical (unpaired) electrons. The Balaban J connectivity index is 1.71. The standard InChI is InChI=1S/C25H21F2N3OS/c26-25(27)32-21-11-9-20(10-12-21)30(19-7-5-17(6-8-19)15-24(28)31)16-18-13-14-29-23-4-2-1-3-22(18)23/h1-14,25H,15-16H2,(H2,28,31). The number of benzene rings is 3. The van der Waals surface area contributed by atoms with Crippen LogP contribution in [0.2, 0.25) is 0 Å². The number of thioether (sulfide) groups is 1. The molecule has 0 aliphatic rings. The van der Waals surface area contributed by atoms with Crippen molar-refractivity contribution >= 4 is 39.9 Å². The van der Waals surface area contributed by atoms with Gasteiger partial charge in [0.25, 0.3) is 5.76 Å². The van der Waals surface area contributed by atoms with Gasteiger partial charge >= 0.3 is 0 Å². The Morgan fingerprint density at radius 3 is 2.25 bits per heavy atom. The summed E-state index contributed by atoms with van der Waals surface area (Å²) in [5.41, 5.74) is 9.91. The number of halogens is 2. The van der Waals surface area contributed by atoms with Gasteiger partial charge < -0.3 is 10.6 Å². The van der Waals surface area contributed by atoms with Crippen LogP contribution in [0.1, 0.15) is 11.1 Å². The molecule has 3 aromatic carbocycles. The quantitative estimate of drug-likeness (QED) is 0.340. The average molecular weight is 450 g/mol. The molecule has 0 spiro atoms. The average Bonchev–Trinajstić information content (AvgIpc) is 2.78. The summed E-state index contributed by atoms with van der Waals surface area (Å²) in [7, 11) is 0. The summed E-state index contributed by atoms with van der Waals surface area (Å²) in [5.74, 6) is -2.84. The van der Waals surface area contributed by atoms with Crippen LogP contribution in [0.4, 0.5) is 20.2 Å². The lowest BCUT2D eigenvalue weighted by Gasteiger charge is -2.26. The number of hydrogen-bond acceptors (Lipinski definition) is 4. The highest BCUT2D eigenvalue weighted by molar-refractivity contribution is 7.99. The molecule has 1 amide bonds. The molecule has 162 valence electrons. The Labute approximate surface area is 189 Å². The van der Waals surface area contributed by atoms with Crippen LogP contribution in [0.3, 0.4) is 0 Å². The maximum Gasteiger partial charge on any atom is 0.288 e. The zero-order chi connectivity index (χ0) is 22.5. The number of nitrogens with two attached hydrogens (primary N) is 1. The minimum Gasteiger partial charge on any atom is -0.369 e. The Morgan fingerprint density at radius 1 is 0.938 bits per heavy atom. The summed E-state index contributed by atoms with van der Waals surface area (Å²) in [5, 5.41) is 1.05. The van der Waals surface area contributed by atoms with E-state index < -0.39 is 5.76 Å². The molecule has 4 nitrogen and oxygen atoms in total. The van der Waals surface area contributed by atoms with Crippen molar-refractivity contribution in [3.05, 3.63) is 96.2 Å². The lowest BCUT2D eigenvalue weighted by molar-refractivity contribution is -0.117. The Morgan fingerprint density at radius 2 is 1.59 bits per heavy atom. The van der Waals surface area contributed by atoms with Gasteiger partial charge in [0.05, 0.1) is 11.9 Å². The smallest absolute Gasteiger partial charge is 0.288 e. The number of amides is 1. The van der Waals surface area contributed by atoms with E-state index in [-0.39, 0.29) is 12.3 Å². The number of para-hydroxylation sites is 1. The van der Waals surface area contributed by atoms with Crippen LogP contribution in [0.5, 0.6) is 0 Å². The van der Waals surface area contributed by atoms with Gasteiger partial charge in [0.1, 0.15) is 0 Å². The number of fused-ring (bicyclic) bond motifs is 1. The number of hydrogen-bond donors (Lipinski definition) is 1. The molecule has 32 heavy (non-hydrogen) atoms. The highest BCUT2D eigenvalue weighted by atomic mass is 32.2. The van der Waals surface area contributed by atoms with Crippen LogP contribution < -0.4 is 10.6 Å². The van der Waals surface area contributed by atoms with Gasteiger partial charge in [-0.15, -0.1) is 0 Å². The molecule has 0 fully saturated rings. The molecule has 0 bridgehead atoms. The molecule has 7 heteroatoms. The number of nitrogens with zero attached hydrogens (tertiary/aromatic N) is 2. The first-order valence-corrected chi connectivity index (χ1v) is 10.9. The maximum atomic E-state index is 12.7. The first kappa shape index (κ1) is 21.8. The van der Waals surface area contributed by atoms with Crippen molar-refractivity contribution in [1.82, 2.24) is 4.98 Å². The van der Waals surface area contributed by atoms with E-state index in [0.717, 1.165) is 33.4 Å². The molecular formula is C25H21F2N3OS. The second-order valence-electron chi connectivity index (χ2n) is 7.26. The Hall–Kier alpha value is -3.45. The molecule has 4 aromatic rings. The van der Waals surface area contributed by atoms with Crippen molar-refractivity contribution in [2.45, 2.75) is 23.6 Å². The van der Waals surface area contributed by atoms with Crippen molar-refractivity contribution in [2.75, 3.05) is 4.90 Å². The van der Waals surface area contributed by atoms with Crippen molar-refractivity contribution in [3.8, 4) is 0 Å². The predicted octanol–water partition coefficient (Wildman–Crippen LogP) is 5.92. The van der Waals surface area contributed by atoms with E-state index in [2.05, 4.69) is 9.88 Å². The summed E-state index contributed by atoms with van der Waals surface area (Å²) >= 11 is 0.524. The first-order chi connectivity index (χ1) is 15.5. The summed E-state index contributed by atoms with van der Waals surface area (Å²) in [6.07, 6.45) is 1.96. The second kappa shape index (κ2) is 9.78. The zero-order valence-electron chi connectivity index (χ0n) is 17.1. The van der Waals surface area contributed by atoms with Crippen molar-refractivity contribution in [3.63, 3.8) is 0 Å². The fourth-order valence-electron chi connectivity index (χ4n) is 3.60. The fourth-order valence-corrected chi connectivity index (χ4v) is 4.10. The molecule has 0 atom stereocenters. The van der Waals surface area contributed by atoms with Gasteiger partial charge in [-0.1, -0.05) is 42.1 Å². The number of anilines is 2. The number of aromatic nitrogens is 1. The lowest BCUT2D eigenvalue weighted by atomic mass is 10.1. The van der Waals surface area contributed by atoms with E-state index in [0.29, 0.717) is 23.2 Å². The minimum atomic E-state index is -2.46. The van der Waals surface area contributed by atoms with Crippen LogP contribution in [-0.4, -0.2) is 16.6 Å². The number of pyridine rings is 1. The monoisotopic (exact) mass is 449 g/mol. The van der Waals surface area contributed by atoms with Crippen LogP contribution in [0.15, 0.2) is 90.0 Å². The summed E-state index contributed by atoms with van der Waals surface area (Å²) in [4.78, 5) is 18.3. The van der Waals surface area contributed by atoms with Gasteiger partial charge in [-0.2, -0.15) is 8.78 Å². The third-order valence-corrected chi connectivity index (χ3v) is 5.79.